The summed E-state index contributed by atoms with van der Waals surface area (Å²) >= 11 is 0. The molecule has 2 N–H and O–H groups in total. The maximum absolute atomic E-state index is 5.70. The first-order valence-electron chi connectivity index (χ1n) is 6.40. The third-order valence-corrected chi connectivity index (χ3v) is 3.14. The molecule has 19 heavy (non-hydrogen) atoms. The molecule has 2 heterocycles. The Hall–Kier alpha value is -2.01. The average Bonchev–Trinajstić information content (AvgIpc) is 2.66. The standard InChI is InChI=1S/C14H17N3O2/c1-17-9-11(8-15)16-14(17)10-3-4-12-13(7-10)19-6-2-5-18-12/h3-4,7,9H,2,5-6,8,15H2,1H3. The molecule has 0 amide bonds. The number of ether oxygens (including phenoxy) is 2. The first-order valence-corrected chi connectivity index (χ1v) is 6.40. The maximum atomic E-state index is 5.70. The van der Waals surface area contributed by atoms with Crippen molar-refractivity contribution in [3.8, 4) is 22.9 Å². The SMILES string of the molecule is Cn1cc(CN)nc1-c1ccc2c(c1)OCCCO2. The van der Waals surface area contributed by atoms with Gasteiger partial charge in [-0.15, -0.1) is 0 Å². The van der Waals surface area contributed by atoms with Gasteiger partial charge in [-0.1, -0.05) is 0 Å². The second kappa shape index (κ2) is 4.93. The lowest BCUT2D eigenvalue weighted by Crippen LogP contribution is -1.97. The largest absolute Gasteiger partial charge is 0.490 e. The van der Waals surface area contributed by atoms with Gasteiger partial charge in [0, 0.05) is 31.8 Å². The van der Waals surface area contributed by atoms with Crippen LogP contribution in [0, 0.1) is 0 Å². The van der Waals surface area contributed by atoms with E-state index >= 15 is 0 Å². The highest BCUT2D eigenvalue weighted by molar-refractivity contribution is 5.62. The molecule has 2 aromatic rings. The molecule has 0 fully saturated rings. The summed E-state index contributed by atoms with van der Waals surface area (Å²) < 4.78 is 13.3. The van der Waals surface area contributed by atoms with E-state index in [9.17, 15) is 0 Å². The molecular weight excluding hydrogens is 242 g/mol. The molecule has 5 nitrogen and oxygen atoms in total. The lowest BCUT2D eigenvalue weighted by molar-refractivity contribution is 0.297. The van der Waals surface area contributed by atoms with Gasteiger partial charge in [-0.3, -0.25) is 0 Å². The van der Waals surface area contributed by atoms with Crippen LogP contribution in [0.3, 0.4) is 0 Å². The Bertz CT molecular complexity index is 592. The molecule has 0 saturated carbocycles. The van der Waals surface area contributed by atoms with Crippen molar-refractivity contribution in [1.82, 2.24) is 9.55 Å². The third kappa shape index (κ3) is 2.29. The highest BCUT2D eigenvalue weighted by Crippen LogP contribution is 2.33. The summed E-state index contributed by atoms with van der Waals surface area (Å²) in [4.78, 5) is 4.51. The summed E-state index contributed by atoms with van der Waals surface area (Å²) in [6.07, 6.45) is 2.85. The number of aromatic nitrogens is 2. The van der Waals surface area contributed by atoms with Crippen LogP contribution in [0.15, 0.2) is 24.4 Å². The Morgan fingerprint density at radius 2 is 2.05 bits per heavy atom. The molecule has 0 aliphatic carbocycles. The molecule has 1 aliphatic heterocycles. The minimum absolute atomic E-state index is 0.443. The summed E-state index contributed by atoms with van der Waals surface area (Å²) in [6.45, 7) is 1.83. The van der Waals surface area contributed by atoms with Crippen molar-refractivity contribution >= 4 is 0 Å². The van der Waals surface area contributed by atoms with Gasteiger partial charge in [0.05, 0.1) is 18.9 Å². The van der Waals surface area contributed by atoms with E-state index in [2.05, 4.69) is 4.98 Å². The van der Waals surface area contributed by atoms with Gasteiger partial charge in [-0.25, -0.2) is 4.98 Å². The second-order valence-corrected chi connectivity index (χ2v) is 4.58. The molecule has 100 valence electrons. The van der Waals surface area contributed by atoms with Gasteiger partial charge in [-0.2, -0.15) is 0 Å². The van der Waals surface area contributed by atoms with Crippen LogP contribution in [0.4, 0.5) is 0 Å². The molecule has 3 rings (SSSR count). The molecule has 0 bridgehead atoms. The van der Waals surface area contributed by atoms with E-state index < -0.39 is 0 Å². The third-order valence-electron chi connectivity index (χ3n) is 3.14. The van der Waals surface area contributed by atoms with Gasteiger partial charge < -0.3 is 19.8 Å². The zero-order valence-corrected chi connectivity index (χ0v) is 10.9. The average molecular weight is 259 g/mol. The normalized spacial score (nSPS) is 14.2. The van der Waals surface area contributed by atoms with E-state index in [1.54, 1.807) is 0 Å². The number of rotatable bonds is 2. The molecule has 0 saturated heterocycles. The lowest BCUT2D eigenvalue weighted by atomic mass is 10.2. The highest BCUT2D eigenvalue weighted by Gasteiger charge is 2.14. The minimum atomic E-state index is 0.443. The first kappa shape index (κ1) is 12.0. The minimum Gasteiger partial charge on any atom is -0.490 e. The Morgan fingerprint density at radius 3 is 2.79 bits per heavy atom. The molecule has 0 spiro atoms. The van der Waals surface area contributed by atoms with Crippen LogP contribution in [0.5, 0.6) is 11.5 Å². The zero-order chi connectivity index (χ0) is 13.2. The van der Waals surface area contributed by atoms with Crippen molar-refractivity contribution in [2.24, 2.45) is 12.8 Å². The van der Waals surface area contributed by atoms with E-state index in [1.165, 1.54) is 0 Å². The van der Waals surface area contributed by atoms with Gasteiger partial charge in [0.15, 0.2) is 11.5 Å². The van der Waals surface area contributed by atoms with E-state index in [0.717, 1.165) is 35.0 Å². The van der Waals surface area contributed by atoms with Crippen LogP contribution >= 0.6 is 0 Å². The van der Waals surface area contributed by atoms with Gasteiger partial charge in [0.1, 0.15) is 5.82 Å². The molecule has 0 unspecified atom stereocenters. The van der Waals surface area contributed by atoms with Crippen molar-refractivity contribution < 1.29 is 9.47 Å². The topological polar surface area (TPSA) is 62.3 Å². The fourth-order valence-corrected chi connectivity index (χ4v) is 2.20. The Balaban J connectivity index is 2.01. The summed E-state index contributed by atoms with van der Waals surface area (Å²) in [7, 11) is 1.96. The monoisotopic (exact) mass is 259 g/mol. The van der Waals surface area contributed by atoms with Crippen LogP contribution in [0.1, 0.15) is 12.1 Å². The van der Waals surface area contributed by atoms with Crippen LogP contribution in [0.2, 0.25) is 0 Å². The van der Waals surface area contributed by atoms with E-state index in [-0.39, 0.29) is 0 Å². The molecule has 5 heteroatoms. The fourth-order valence-electron chi connectivity index (χ4n) is 2.20. The van der Waals surface area contributed by atoms with Crippen LogP contribution in [-0.2, 0) is 13.6 Å². The molecule has 1 aliphatic rings. The number of hydrogen-bond acceptors (Lipinski definition) is 4. The predicted octanol–water partition coefficient (Wildman–Crippen LogP) is 1.71. The number of nitrogens with zero attached hydrogens (tertiary/aromatic N) is 2. The smallest absolute Gasteiger partial charge is 0.161 e. The lowest BCUT2D eigenvalue weighted by Gasteiger charge is -2.09. The number of imidazole rings is 1. The highest BCUT2D eigenvalue weighted by atomic mass is 16.5. The predicted molar refractivity (Wildman–Crippen MR) is 72.1 cm³/mol. The summed E-state index contributed by atoms with van der Waals surface area (Å²) in [5, 5.41) is 0. The van der Waals surface area contributed by atoms with Crippen LogP contribution in [0.25, 0.3) is 11.4 Å². The van der Waals surface area contributed by atoms with Gasteiger partial charge in [0.25, 0.3) is 0 Å². The van der Waals surface area contributed by atoms with Crippen LogP contribution in [-0.4, -0.2) is 22.8 Å². The molecular formula is C14H17N3O2. The maximum Gasteiger partial charge on any atom is 0.161 e. The van der Waals surface area contributed by atoms with Gasteiger partial charge in [0.2, 0.25) is 0 Å². The van der Waals surface area contributed by atoms with E-state index in [0.29, 0.717) is 19.8 Å². The molecule has 1 aromatic heterocycles. The number of fused-ring (bicyclic) bond motifs is 1. The van der Waals surface area contributed by atoms with Crippen LogP contribution < -0.4 is 15.2 Å². The first-order chi connectivity index (χ1) is 9.28. The Morgan fingerprint density at radius 1 is 1.26 bits per heavy atom. The number of benzene rings is 1. The van der Waals surface area contributed by atoms with E-state index in [1.807, 2.05) is 36.0 Å². The molecule has 0 atom stereocenters. The van der Waals surface area contributed by atoms with Gasteiger partial charge >= 0.3 is 0 Å². The number of hydrogen-bond donors (Lipinski definition) is 1. The van der Waals surface area contributed by atoms with Gasteiger partial charge in [-0.05, 0) is 18.2 Å². The van der Waals surface area contributed by atoms with E-state index in [4.69, 9.17) is 15.2 Å². The van der Waals surface area contributed by atoms with Crippen molar-refractivity contribution in [2.45, 2.75) is 13.0 Å². The Kier molecular flexibility index (Phi) is 3.13. The summed E-state index contributed by atoms with van der Waals surface area (Å²) in [5.41, 5.74) is 7.51. The fraction of sp³-hybridized carbons (Fsp3) is 0.357. The number of aryl methyl sites for hydroxylation is 1. The van der Waals surface area contributed by atoms with Crippen molar-refractivity contribution in [3.63, 3.8) is 0 Å². The summed E-state index contributed by atoms with van der Waals surface area (Å²) in [6, 6.07) is 5.91. The van der Waals surface area contributed by atoms with Crippen molar-refractivity contribution in [3.05, 3.63) is 30.1 Å². The molecule has 1 aromatic carbocycles. The Labute approximate surface area is 112 Å². The number of nitrogens with two attached hydrogens (primary N) is 1. The zero-order valence-electron chi connectivity index (χ0n) is 10.9. The second-order valence-electron chi connectivity index (χ2n) is 4.58. The van der Waals surface area contributed by atoms with Crippen molar-refractivity contribution in [2.75, 3.05) is 13.2 Å². The summed E-state index contributed by atoms with van der Waals surface area (Å²) in [5.74, 6) is 2.47. The van der Waals surface area contributed by atoms with Crippen molar-refractivity contribution in [1.29, 1.82) is 0 Å². The quantitative estimate of drug-likeness (QED) is 0.891. The molecule has 0 radical (unpaired) electrons.